The first-order valence-electron chi connectivity index (χ1n) is 8.65. The van der Waals surface area contributed by atoms with Crippen LogP contribution in [0.25, 0.3) is 0 Å². The Labute approximate surface area is 158 Å². The molecule has 0 aliphatic carbocycles. The van der Waals surface area contributed by atoms with E-state index in [-0.39, 0.29) is 17.4 Å². The van der Waals surface area contributed by atoms with Crippen molar-refractivity contribution in [1.82, 2.24) is 4.72 Å². The van der Waals surface area contributed by atoms with Crippen molar-refractivity contribution in [2.24, 2.45) is 0 Å². The van der Waals surface area contributed by atoms with E-state index in [1.807, 2.05) is 32.0 Å². The van der Waals surface area contributed by atoms with E-state index in [0.29, 0.717) is 30.4 Å². The van der Waals surface area contributed by atoms with Crippen LogP contribution in [0.15, 0.2) is 47.4 Å². The van der Waals surface area contributed by atoms with Crippen molar-refractivity contribution in [2.75, 3.05) is 25.1 Å². The van der Waals surface area contributed by atoms with E-state index < -0.39 is 15.9 Å². The first kappa shape index (κ1) is 19.2. The van der Waals surface area contributed by atoms with Crippen LogP contribution in [0.5, 0.6) is 11.5 Å². The molecule has 0 fully saturated rings. The summed E-state index contributed by atoms with van der Waals surface area (Å²) in [5, 5.41) is 2.76. The Bertz CT molecular complexity index is 941. The summed E-state index contributed by atoms with van der Waals surface area (Å²) in [6.07, 6.45) is 0. The molecule has 3 rings (SSSR count). The van der Waals surface area contributed by atoms with Gasteiger partial charge in [-0.2, -0.15) is 0 Å². The molecule has 8 heteroatoms. The Morgan fingerprint density at radius 3 is 2.52 bits per heavy atom. The summed E-state index contributed by atoms with van der Waals surface area (Å²) in [5.41, 5.74) is 1.66. The fraction of sp³-hybridized carbons (Fsp3) is 0.316. The lowest BCUT2D eigenvalue weighted by Crippen LogP contribution is -2.33. The summed E-state index contributed by atoms with van der Waals surface area (Å²) >= 11 is 0. The summed E-state index contributed by atoms with van der Waals surface area (Å²) < 4.78 is 38.0. The number of para-hydroxylation sites is 1. The zero-order valence-electron chi connectivity index (χ0n) is 15.2. The second kappa shape index (κ2) is 7.98. The molecule has 2 aromatic rings. The van der Waals surface area contributed by atoms with Crippen LogP contribution in [0, 0.1) is 0 Å². The Morgan fingerprint density at radius 1 is 1.07 bits per heavy atom. The minimum Gasteiger partial charge on any atom is -0.486 e. The van der Waals surface area contributed by atoms with Crippen molar-refractivity contribution >= 4 is 21.6 Å². The molecule has 2 aromatic carbocycles. The van der Waals surface area contributed by atoms with Crippen LogP contribution in [0.2, 0.25) is 0 Å². The number of carbonyl (C=O) groups excluding carboxylic acids is 1. The number of hydrogen-bond acceptors (Lipinski definition) is 5. The van der Waals surface area contributed by atoms with Gasteiger partial charge in [-0.1, -0.05) is 32.0 Å². The molecule has 0 radical (unpaired) electrons. The van der Waals surface area contributed by atoms with Gasteiger partial charge in [0.25, 0.3) is 0 Å². The third kappa shape index (κ3) is 4.58. The SMILES string of the molecule is CC(C)c1ccccc1NC(=O)CNS(=O)(=O)c1ccc2c(c1)OCCO2. The number of fused-ring (bicyclic) bond motifs is 1. The lowest BCUT2D eigenvalue weighted by atomic mass is 10.0. The molecule has 27 heavy (non-hydrogen) atoms. The van der Waals surface area contributed by atoms with Crippen LogP contribution in [-0.4, -0.2) is 34.1 Å². The van der Waals surface area contributed by atoms with E-state index in [2.05, 4.69) is 10.0 Å². The van der Waals surface area contributed by atoms with Gasteiger partial charge in [0, 0.05) is 11.8 Å². The molecule has 0 atom stereocenters. The molecular weight excluding hydrogens is 368 g/mol. The average Bonchev–Trinajstić information content (AvgIpc) is 2.66. The third-order valence-corrected chi connectivity index (χ3v) is 5.50. The Kier molecular flexibility index (Phi) is 5.67. The summed E-state index contributed by atoms with van der Waals surface area (Å²) in [5.74, 6) is 0.669. The largest absolute Gasteiger partial charge is 0.486 e. The average molecular weight is 390 g/mol. The molecular formula is C19H22N2O5S. The van der Waals surface area contributed by atoms with Crippen molar-refractivity contribution in [3.05, 3.63) is 48.0 Å². The van der Waals surface area contributed by atoms with Gasteiger partial charge in [-0.3, -0.25) is 4.79 Å². The van der Waals surface area contributed by atoms with Gasteiger partial charge in [0.15, 0.2) is 11.5 Å². The number of hydrogen-bond donors (Lipinski definition) is 2. The van der Waals surface area contributed by atoms with Crippen molar-refractivity contribution in [1.29, 1.82) is 0 Å². The van der Waals surface area contributed by atoms with Gasteiger partial charge in [0.05, 0.1) is 11.4 Å². The van der Waals surface area contributed by atoms with E-state index in [4.69, 9.17) is 9.47 Å². The maximum Gasteiger partial charge on any atom is 0.241 e. The van der Waals surface area contributed by atoms with Gasteiger partial charge in [-0.25, -0.2) is 13.1 Å². The van der Waals surface area contributed by atoms with E-state index in [9.17, 15) is 13.2 Å². The molecule has 1 aliphatic rings. The second-order valence-corrected chi connectivity index (χ2v) is 8.19. The Balaban J connectivity index is 1.66. The number of benzene rings is 2. The number of anilines is 1. The van der Waals surface area contributed by atoms with Gasteiger partial charge >= 0.3 is 0 Å². The monoisotopic (exact) mass is 390 g/mol. The van der Waals surface area contributed by atoms with Crippen LogP contribution in [0.1, 0.15) is 25.3 Å². The topological polar surface area (TPSA) is 93.7 Å². The van der Waals surface area contributed by atoms with E-state index in [0.717, 1.165) is 5.56 Å². The fourth-order valence-electron chi connectivity index (χ4n) is 2.74. The highest BCUT2D eigenvalue weighted by Crippen LogP contribution is 2.32. The zero-order valence-corrected chi connectivity index (χ0v) is 16.0. The minimum atomic E-state index is -3.85. The number of carbonyl (C=O) groups is 1. The molecule has 1 heterocycles. The van der Waals surface area contributed by atoms with Crippen LogP contribution in [0.3, 0.4) is 0 Å². The Hall–Kier alpha value is -2.58. The van der Waals surface area contributed by atoms with Crippen molar-refractivity contribution in [3.8, 4) is 11.5 Å². The molecule has 2 N–H and O–H groups in total. The van der Waals surface area contributed by atoms with Crippen molar-refractivity contribution in [2.45, 2.75) is 24.7 Å². The molecule has 7 nitrogen and oxygen atoms in total. The second-order valence-electron chi connectivity index (χ2n) is 6.42. The molecule has 0 saturated heterocycles. The first-order chi connectivity index (χ1) is 12.9. The van der Waals surface area contributed by atoms with Gasteiger partial charge in [-0.05, 0) is 29.7 Å². The zero-order chi connectivity index (χ0) is 19.4. The quantitative estimate of drug-likeness (QED) is 0.790. The van der Waals surface area contributed by atoms with Crippen molar-refractivity contribution in [3.63, 3.8) is 0 Å². The Morgan fingerprint density at radius 2 is 1.78 bits per heavy atom. The standard InChI is InChI=1S/C19H22N2O5S/c1-13(2)15-5-3-4-6-16(15)21-19(22)12-20-27(23,24)14-7-8-17-18(11-14)26-10-9-25-17/h3-8,11,13,20H,9-10,12H2,1-2H3,(H,21,22). The number of nitrogens with one attached hydrogen (secondary N) is 2. The molecule has 1 amide bonds. The molecule has 0 spiro atoms. The maximum atomic E-state index is 12.5. The first-order valence-corrected chi connectivity index (χ1v) is 10.1. The highest BCUT2D eigenvalue weighted by Gasteiger charge is 2.20. The molecule has 0 bridgehead atoms. The lowest BCUT2D eigenvalue weighted by molar-refractivity contribution is -0.115. The maximum absolute atomic E-state index is 12.5. The lowest BCUT2D eigenvalue weighted by Gasteiger charge is -2.19. The third-order valence-electron chi connectivity index (χ3n) is 4.10. The molecule has 0 saturated carbocycles. The summed E-state index contributed by atoms with van der Waals surface area (Å²) in [7, 11) is -3.85. The molecule has 0 aromatic heterocycles. The van der Waals surface area contributed by atoms with Crippen molar-refractivity contribution < 1.29 is 22.7 Å². The van der Waals surface area contributed by atoms with Gasteiger partial charge in [0.1, 0.15) is 13.2 Å². The normalized spacial score (nSPS) is 13.4. The number of amides is 1. The highest BCUT2D eigenvalue weighted by molar-refractivity contribution is 7.89. The van der Waals surface area contributed by atoms with Crippen LogP contribution in [-0.2, 0) is 14.8 Å². The number of sulfonamides is 1. The fourth-order valence-corrected chi connectivity index (χ4v) is 3.74. The summed E-state index contributed by atoms with van der Waals surface area (Å²) in [6, 6.07) is 11.8. The molecule has 0 unspecified atom stereocenters. The van der Waals surface area contributed by atoms with E-state index >= 15 is 0 Å². The number of ether oxygens (including phenoxy) is 2. The minimum absolute atomic E-state index is 0.0159. The van der Waals surface area contributed by atoms with Crippen LogP contribution < -0.4 is 19.5 Å². The number of rotatable bonds is 6. The van der Waals surface area contributed by atoms with Crippen LogP contribution >= 0.6 is 0 Å². The molecule has 1 aliphatic heterocycles. The summed E-state index contributed by atoms with van der Waals surface area (Å²) in [4.78, 5) is 12.2. The van der Waals surface area contributed by atoms with E-state index in [1.54, 1.807) is 12.1 Å². The van der Waals surface area contributed by atoms with Gasteiger partial charge in [0.2, 0.25) is 15.9 Å². The molecule has 144 valence electrons. The predicted octanol–water partition coefficient (Wildman–Crippen LogP) is 2.50. The summed E-state index contributed by atoms with van der Waals surface area (Å²) in [6.45, 7) is 4.46. The van der Waals surface area contributed by atoms with E-state index in [1.165, 1.54) is 12.1 Å². The van der Waals surface area contributed by atoms with Gasteiger partial charge in [-0.15, -0.1) is 0 Å². The predicted molar refractivity (Wildman–Crippen MR) is 102 cm³/mol. The smallest absolute Gasteiger partial charge is 0.241 e. The van der Waals surface area contributed by atoms with Crippen LogP contribution in [0.4, 0.5) is 5.69 Å². The van der Waals surface area contributed by atoms with Gasteiger partial charge < -0.3 is 14.8 Å². The highest BCUT2D eigenvalue weighted by atomic mass is 32.2.